The van der Waals surface area contributed by atoms with E-state index >= 15 is 0 Å². The van der Waals surface area contributed by atoms with E-state index in [4.69, 9.17) is 9.88 Å². The Labute approximate surface area is 186 Å². The Bertz CT molecular complexity index is 1420. The number of amides is 1. The van der Waals surface area contributed by atoms with Crippen LogP contribution in [-0.4, -0.2) is 37.2 Å². The monoisotopic (exact) mass is 474 g/mol. The summed E-state index contributed by atoms with van der Waals surface area (Å²) < 4.78 is 29.0. The van der Waals surface area contributed by atoms with Crippen LogP contribution in [0.3, 0.4) is 0 Å². The van der Waals surface area contributed by atoms with Crippen molar-refractivity contribution in [2.24, 2.45) is 5.14 Å². The van der Waals surface area contributed by atoms with E-state index in [1.807, 2.05) is 31.2 Å². The molecular weight excluding hydrogens is 456 g/mol. The molecule has 0 saturated heterocycles. The fourth-order valence-corrected chi connectivity index (χ4v) is 5.33. The van der Waals surface area contributed by atoms with Crippen molar-refractivity contribution in [1.29, 1.82) is 0 Å². The molecule has 0 unspecified atom stereocenters. The number of nitrogens with two attached hydrogens (primary N) is 1. The van der Waals surface area contributed by atoms with E-state index in [1.165, 1.54) is 35.2 Å². The number of sulfonamides is 1. The molecule has 4 aromatic rings. The summed E-state index contributed by atoms with van der Waals surface area (Å²) in [6.07, 6.45) is 0. The molecule has 0 spiro atoms. The van der Waals surface area contributed by atoms with Crippen molar-refractivity contribution < 1.29 is 17.9 Å². The Hall–Kier alpha value is -2.73. The van der Waals surface area contributed by atoms with Gasteiger partial charge in [0.1, 0.15) is 11.3 Å². The van der Waals surface area contributed by atoms with Crippen molar-refractivity contribution >= 4 is 65.3 Å². The molecule has 0 fully saturated rings. The number of thiazole rings is 1. The minimum atomic E-state index is -3.80. The summed E-state index contributed by atoms with van der Waals surface area (Å²) in [5.41, 5.74) is 2.38. The third-order valence-electron chi connectivity index (χ3n) is 4.49. The number of nitrogens with one attached hydrogen (secondary N) is 1. The molecule has 3 N–H and O–H groups in total. The van der Waals surface area contributed by atoms with Crippen LogP contribution in [0.2, 0.25) is 0 Å². The number of anilines is 1. The zero-order valence-electron chi connectivity index (χ0n) is 16.6. The molecule has 0 aliphatic heterocycles. The normalized spacial score (nSPS) is 11.7. The molecule has 0 aliphatic carbocycles. The van der Waals surface area contributed by atoms with E-state index in [2.05, 4.69) is 15.3 Å². The summed E-state index contributed by atoms with van der Waals surface area (Å²) in [7, 11) is -2.20. The van der Waals surface area contributed by atoms with Crippen LogP contribution in [0.15, 0.2) is 52.4 Å². The zero-order valence-corrected chi connectivity index (χ0v) is 19.0. The summed E-state index contributed by atoms with van der Waals surface area (Å²) in [5.74, 6) is 0.585. The van der Waals surface area contributed by atoms with Crippen LogP contribution in [0.25, 0.3) is 21.1 Å². The van der Waals surface area contributed by atoms with Crippen molar-refractivity contribution in [2.75, 3.05) is 18.2 Å². The van der Waals surface area contributed by atoms with Gasteiger partial charge in [-0.05, 0) is 42.8 Å². The van der Waals surface area contributed by atoms with Gasteiger partial charge in [-0.15, -0.1) is 0 Å². The molecule has 4 rings (SSSR count). The first-order valence-corrected chi connectivity index (χ1v) is 12.4. The number of hydrogen-bond donors (Lipinski definition) is 2. The summed E-state index contributed by atoms with van der Waals surface area (Å²) in [6, 6.07) is 12.1. The molecule has 2 heterocycles. The van der Waals surface area contributed by atoms with E-state index in [0.717, 1.165) is 16.5 Å². The standard InChI is InChI=1S/C20H18N4O4S3/c1-11-8-18(24-19-13(11)4-3-5-15(19)28-2)29-10-17(25)23-20-22-14-7-6-12(31(21,26)27)9-16(14)30-20/h3-9H,10H2,1-2H3,(H2,21,26,27)(H,22,23,25). The number of carbonyl (C=O) groups excluding carboxylic acids is 1. The molecule has 31 heavy (non-hydrogen) atoms. The number of methoxy groups -OCH3 is 1. The maximum Gasteiger partial charge on any atom is 0.238 e. The van der Waals surface area contributed by atoms with Gasteiger partial charge in [-0.2, -0.15) is 0 Å². The second-order valence-electron chi connectivity index (χ2n) is 6.66. The van der Waals surface area contributed by atoms with E-state index in [0.29, 0.717) is 26.1 Å². The summed E-state index contributed by atoms with van der Waals surface area (Å²) in [6.45, 7) is 1.99. The van der Waals surface area contributed by atoms with Crippen LogP contribution in [0.5, 0.6) is 5.75 Å². The molecule has 0 saturated carbocycles. The van der Waals surface area contributed by atoms with Crippen LogP contribution in [-0.2, 0) is 14.8 Å². The molecule has 1 amide bonds. The first-order valence-electron chi connectivity index (χ1n) is 9.05. The lowest BCUT2D eigenvalue weighted by Crippen LogP contribution is -2.13. The average Bonchev–Trinajstić information content (AvgIpc) is 3.12. The van der Waals surface area contributed by atoms with Crippen LogP contribution in [0, 0.1) is 6.92 Å². The van der Waals surface area contributed by atoms with Crippen LogP contribution >= 0.6 is 23.1 Å². The minimum absolute atomic E-state index is 0.00487. The second-order valence-corrected chi connectivity index (χ2v) is 10.3. The molecule has 0 bridgehead atoms. The number of benzene rings is 2. The number of rotatable bonds is 6. The zero-order chi connectivity index (χ0) is 22.2. The maximum absolute atomic E-state index is 12.4. The highest BCUT2D eigenvalue weighted by Crippen LogP contribution is 2.30. The number of aryl methyl sites for hydroxylation is 1. The highest BCUT2D eigenvalue weighted by molar-refractivity contribution is 7.99. The van der Waals surface area contributed by atoms with Gasteiger partial charge in [0.15, 0.2) is 5.13 Å². The topological polar surface area (TPSA) is 124 Å². The third kappa shape index (κ3) is 4.64. The number of ether oxygens (including phenoxy) is 1. The largest absolute Gasteiger partial charge is 0.494 e. The molecule has 11 heteroatoms. The highest BCUT2D eigenvalue weighted by atomic mass is 32.2. The van der Waals surface area contributed by atoms with E-state index in [-0.39, 0.29) is 16.6 Å². The van der Waals surface area contributed by atoms with Crippen LogP contribution in [0.4, 0.5) is 5.13 Å². The van der Waals surface area contributed by atoms with Gasteiger partial charge in [-0.25, -0.2) is 23.5 Å². The predicted octanol–water partition coefficient (Wildman–Crippen LogP) is 3.54. The molecule has 2 aromatic heterocycles. The lowest BCUT2D eigenvalue weighted by atomic mass is 10.1. The first-order chi connectivity index (χ1) is 14.7. The number of hydrogen-bond acceptors (Lipinski definition) is 8. The molecule has 0 radical (unpaired) electrons. The van der Waals surface area contributed by atoms with Crippen molar-refractivity contribution in [3.8, 4) is 5.75 Å². The maximum atomic E-state index is 12.4. The molecular formula is C20H18N4O4S3. The Balaban J connectivity index is 1.48. The third-order valence-corrected chi connectivity index (χ3v) is 7.25. The van der Waals surface area contributed by atoms with E-state index in [1.54, 1.807) is 13.2 Å². The molecule has 8 nitrogen and oxygen atoms in total. The number of primary sulfonamides is 1. The Kier molecular flexibility index (Phi) is 5.84. The number of nitrogens with zero attached hydrogens (tertiary/aromatic N) is 2. The molecule has 0 aliphatic rings. The fraction of sp³-hybridized carbons (Fsp3) is 0.150. The van der Waals surface area contributed by atoms with Crippen LogP contribution < -0.4 is 15.2 Å². The van der Waals surface area contributed by atoms with E-state index in [9.17, 15) is 13.2 Å². The SMILES string of the molecule is COc1cccc2c(C)cc(SCC(=O)Nc3nc4ccc(S(N)(=O)=O)cc4s3)nc12. The Morgan fingerprint density at radius 1 is 1.23 bits per heavy atom. The van der Waals surface area contributed by atoms with Crippen molar-refractivity contribution in [1.82, 2.24) is 9.97 Å². The smallest absolute Gasteiger partial charge is 0.238 e. The van der Waals surface area contributed by atoms with Gasteiger partial charge in [-0.3, -0.25) is 4.79 Å². The first kappa shape index (κ1) is 21.5. The molecule has 160 valence electrons. The average molecular weight is 475 g/mol. The van der Waals surface area contributed by atoms with Gasteiger partial charge in [0.25, 0.3) is 0 Å². The van der Waals surface area contributed by atoms with Gasteiger partial charge < -0.3 is 10.1 Å². The van der Waals surface area contributed by atoms with E-state index < -0.39 is 10.0 Å². The van der Waals surface area contributed by atoms with Gasteiger partial charge in [0, 0.05) is 5.39 Å². The summed E-state index contributed by atoms with van der Waals surface area (Å²) in [4.78, 5) is 21.4. The summed E-state index contributed by atoms with van der Waals surface area (Å²) >= 11 is 2.49. The molecule has 0 atom stereocenters. The number of para-hydroxylation sites is 1. The second kappa shape index (κ2) is 8.42. The quantitative estimate of drug-likeness (QED) is 0.410. The van der Waals surface area contributed by atoms with Gasteiger partial charge in [-0.1, -0.05) is 35.2 Å². The minimum Gasteiger partial charge on any atom is -0.494 e. The van der Waals surface area contributed by atoms with Crippen molar-refractivity contribution in [3.63, 3.8) is 0 Å². The number of thioether (sulfide) groups is 1. The number of fused-ring (bicyclic) bond motifs is 2. The summed E-state index contributed by atoms with van der Waals surface area (Å²) in [5, 5.41) is 10.0. The van der Waals surface area contributed by atoms with Gasteiger partial charge >= 0.3 is 0 Å². The van der Waals surface area contributed by atoms with Crippen LogP contribution in [0.1, 0.15) is 5.56 Å². The number of aromatic nitrogens is 2. The van der Waals surface area contributed by atoms with Gasteiger partial charge in [0.05, 0.1) is 33.0 Å². The van der Waals surface area contributed by atoms with Gasteiger partial charge in [0.2, 0.25) is 15.9 Å². The lowest BCUT2D eigenvalue weighted by Gasteiger charge is -2.09. The van der Waals surface area contributed by atoms with Crippen molar-refractivity contribution in [2.45, 2.75) is 16.8 Å². The van der Waals surface area contributed by atoms with Crippen molar-refractivity contribution in [3.05, 3.63) is 48.0 Å². The fourth-order valence-electron chi connectivity index (χ4n) is 3.03. The molecule has 2 aromatic carbocycles. The Morgan fingerprint density at radius 3 is 2.77 bits per heavy atom. The number of carbonyl (C=O) groups is 1. The predicted molar refractivity (Wildman–Crippen MR) is 123 cm³/mol. The highest BCUT2D eigenvalue weighted by Gasteiger charge is 2.14. The lowest BCUT2D eigenvalue weighted by molar-refractivity contribution is -0.113. The number of pyridine rings is 1. The Morgan fingerprint density at radius 2 is 2.03 bits per heavy atom.